The number of sulfonamides is 1. The summed E-state index contributed by atoms with van der Waals surface area (Å²) in [5, 5.41) is 3.00. The van der Waals surface area contributed by atoms with Crippen LogP contribution in [0.2, 0.25) is 0 Å². The number of nitrogens with one attached hydrogen (secondary N) is 2. The van der Waals surface area contributed by atoms with Gasteiger partial charge in [0.1, 0.15) is 0 Å². The summed E-state index contributed by atoms with van der Waals surface area (Å²) in [6, 6.07) is 0. The van der Waals surface area contributed by atoms with Crippen LogP contribution in [0.25, 0.3) is 0 Å². The summed E-state index contributed by atoms with van der Waals surface area (Å²) in [5.41, 5.74) is 0. The third-order valence-electron chi connectivity index (χ3n) is 2.67. The molecule has 0 atom stereocenters. The molecule has 0 aromatic rings. The molecule has 0 saturated carbocycles. The Hall–Kier alpha value is -0.170. The summed E-state index contributed by atoms with van der Waals surface area (Å²) < 4.78 is 25.7. The Morgan fingerprint density at radius 2 is 1.71 bits per heavy atom. The average Bonchev–Trinajstić information content (AvgIpc) is 2.29. The van der Waals surface area contributed by atoms with Crippen molar-refractivity contribution in [3.63, 3.8) is 0 Å². The van der Waals surface area contributed by atoms with Crippen LogP contribution < -0.4 is 10.0 Å². The summed E-state index contributed by atoms with van der Waals surface area (Å²) in [7, 11) is -3.10. The number of rotatable bonds is 11. The van der Waals surface area contributed by atoms with E-state index in [2.05, 4.69) is 28.8 Å². The molecular weight excluding hydrogens is 238 g/mol. The van der Waals surface area contributed by atoms with Crippen molar-refractivity contribution in [1.82, 2.24) is 14.9 Å². The highest BCUT2D eigenvalue weighted by Crippen LogP contribution is 1.91. The Labute approximate surface area is 106 Å². The second-order valence-corrected chi connectivity index (χ2v) is 5.87. The third-order valence-corrected chi connectivity index (χ3v) is 4.05. The SMILES string of the molecule is CCNCCS(=O)(=O)NCCCN(CC)CC. The summed E-state index contributed by atoms with van der Waals surface area (Å²) in [5.74, 6) is 0.159. The van der Waals surface area contributed by atoms with Crippen LogP contribution in [0.15, 0.2) is 0 Å². The molecule has 0 bridgehead atoms. The Morgan fingerprint density at radius 1 is 1.06 bits per heavy atom. The van der Waals surface area contributed by atoms with Gasteiger partial charge in [-0.15, -0.1) is 0 Å². The lowest BCUT2D eigenvalue weighted by atomic mass is 10.4. The minimum Gasteiger partial charge on any atom is -0.316 e. The molecular formula is C11H27N3O2S. The molecule has 2 N–H and O–H groups in total. The van der Waals surface area contributed by atoms with Crippen molar-refractivity contribution in [3.05, 3.63) is 0 Å². The zero-order valence-electron chi connectivity index (χ0n) is 11.3. The van der Waals surface area contributed by atoms with Crippen LogP contribution in [0.5, 0.6) is 0 Å². The first-order chi connectivity index (χ1) is 8.05. The summed E-state index contributed by atoms with van der Waals surface area (Å²) >= 11 is 0. The first-order valence-corrected chi connectivity index (χ1v) is 8.11. The van der Waals surface area contributed by atoms with E-state index < -0.39 is 10.0 Å². The maximum absolute atomic E-state index is 11.5. The predicted molar refractivity (Wildman–Crippen MR) is 72.7 cm³/mol. The Kier molecular flexibility index (Phi) is 9.72. The van der Waals surface area contributed by atoms with E-state index >= 15 is 0 Å². The second kappa shape index (κ2) is 9.82. The van der Waals surface area contributed by atoms with Crippen molar-refractivity contribution < 1.29 is 8.42 Å². The van der Waals surface area contributed by atoms with Gasteiger partial charge in [-0.2, -0.15) is 0 Å². The van der Waals surface area contributed by atoms with E-state index in [9.17, 15) is 8.42 Å². The first kappa shape index (κ1) is 16.8. The van der Waals surface area contributed by atoms with Gasteiger partial charge in [0.15, 0.2) is 0 Å². The molecule has 5 nitrogen and oxygen atoms in total. The standard InChI is InChI=1S/C11H27N3O2S/c1-4-12-9-11-17(15,16)13-8-7-10-14(5-2)6-3/h12-13H,4-11H2,1-3H3. The van der Waals surface area contributed by atoms with Crippen molar-refractivity contribution in [1.29, 1.82) is 0 Å². The zero-order chi connectivity index (χ0) is 13.1. The molecule has 17 heavy (non-hydrogen) atoms. The van der Waals surface area contributed by atoms with Crippen LogP contribution in [-0.2, 0) is 10.0 Å². The lowest BCUT2D eigenvalue weighted by molar-refractivity contribution is 0.300. The van der Waals surface area contributed by atoms with Crippen LogP contribution in [0.4, 0.5) is 0 Å². The van der Waals surface area contributed by atoms with E-state index in [4.69, 9.17) is 0 Å². The maximum atomic E-state index is 11.5. The second-order valence-electron chi connectivity index (χ2n) is 3.95. The molecule has 0 aliphatic heterocycles. The topological polar surface area (TPSA) is 61.4 Å². The van der Waals surface area contributed by atoms with E-state index in [1.165, 1.54) is 0 Å². The Morgan fingerprint density at radius 3 is 2.24 bits per heavy atom. The Bertz CT molecular complexity index is 264. The fraction of sp³-hybridized carbons (Fsp3) is 1.00. The quantitative estimate of drug-likeness (QED) is 0.526. The molecule has 0 spiro atoms. The normalized spacial score (nSPS) is 12.2. The predicted octanol–water partition coefficient (Wildman–Crippen LogP) is 0.247. The summed E-state index contributed by atoms with van der Waals surface area (Å²) in [6.07, 6.45) is 0.863. The van der Waals surface area contributed by atoms with Crippen molar-refractivity contribution in [3.8, 4) is 0 Å². The molecule has 0 radical (unpaired) electrons. The van der Waals surface area contributed by atoms with Crippen LogP contribution in [-0.4, -0.2) is 58.3 Å². The summed E-state index contributed by atoms with van der Waals surface area (Å²) in [6.45, 7) is 11.0. The zero-order valence-corrected chi connectivity index (χ0v) is 12.1. The van der Waals surface area contributed by atoms with Gasteiger partial charge in [0.25, 0.3) is 0 Å². The number of nitrogens with zero attached hydrogens (tertiary/aromatic N) is 1. The lowest BCUT2D eigenvalue weighted by Crippen LogP contribution is -2.34. The van der Waals surface area contributed by atoms with Gasteiger partial charge < -0.3 is 10.2 Å². The fourth-order valence-corrected chi connectivity index (χ4v) is 2.54. The van der Waals surface area contributed by atoms with E-state index in [1.54, 1.807) is 0 Å². The van der Waals surface area contributed by atoms with Gasteiger partial charge in [0.05, 0.1) is 5.75 Å². The molecule has 0 amide bonds. The van der Waals surface area contributed by atoms with Gasteiger partial charge in [-0.1, -0.05) is 20.8 Å². The average molecular weight is 265 g/mol. The molecule has 0 aromatic carbocycles. The summed E-state index contributed by atoms with van der Waals surface area (Å²) in [4.78, 5) is 2.28. The number of hydrogen-bond acceptors (Lipinski definition) is 4. The van der Waals surface area contributed by atoms with Gasteiger partial charge in [-0.05, 0) is 32.6 Å². The number of hydrogen-bond donors (Lipinski definition) is 2. The van der Waals surface area contributed by atoms with Crippen molar-refractivity contribution in [2.45, 2.75) is 27.2 Å². The molecule has 0 aromatic heterocycles. The third kappa shape index (κ3) is 9.52. The van der Waals surface area contributed by atoms with E-state index in [0.29, 0.717) is 13.1 Å². The molecule has 104 valence electrons. The van der Waals surface area contributed by atoms with Crippen LogP contribution in [0, 0.1) is 0 Å². The molecule has 0 aliphatic rings. The lowest BCUT2D eigenvalue weighted by Gasteiger charge is -2.17. The van der Waals surface area contributed by atoms with E-state index in [0.717, 1.165) is 32.6 Å². The largest absolute Gasteiger partial charge is 0.316 e. The van der Waals surface area contributed by atoms with Gasteiger partial charge in [-0.25, -0.2) is 13.1 Å². The van der Waals surface area contributed by atoms with Crippen molar-refractivity contribution in [2.24, 2.45) is 0 Å². The van der Waals surface area contributed by atoms with Gasteiger partial charge in [0, 0.05) is 13.1 Å². The van der Waals surface area contributed by atoms with Gasteiger partial charge in [0.2, 0.25) is 10.0 Å². The monoisotopic (exact) mass is 265 g/mol. The minimum absolute atomic E-state index is 0.159. The highest BCUT2D eigenvalue weighted by atomic mass is 32.2. The highest BCUT2D eigenvalue weighted by Gasteiger charge is 2.08. The molecule has 0 rings (SSSR count). The molecule has 6 heteroatoms. The fourth-order valence-electron chi connectivity index (χ4n) is 1.53. The van der Waals surface area contributed by atoms with Crippen molar-refractivity contribution >= 4 is 10.0 Å². The van der Waals surface area contributed by atoms with E-state index in [-0.39, 0.29) is 5.75 Å². The first-order valence-electron chi connectivity index (χ1n) is 6.46. The molecule has 0 aliphatic carbocycles. The van der Waals surface area contributed by atoms with Gasteiger partial charge >= 0.3 is 0 Å². The molecule has 0 unspecified atom stereocenters. The molecule has 0 saturated heterocycles. The smallest absolute Gasteiger partial charge is 0.212 e. The minimum atomic E-state index is -3.10. The van der Waals surface area contributed by atoms with E-state index in [1.807, 2.05) is 6.92 Å². The van der Waals surface area contributed by atoms with Crippen LogP contribution in [0.3, 0.4) is 0 Å². The van der Waals surface area contributed by atoms with Crippen molar-refractivity contribution in [2.75, 3.05) is 45.0 Å². The van der Waals surface area contributed by atoms with Crippen LogP contribution >= 0.6 is 0 Å². The molecule has 0 fully saturated rings. The highest BCUT2D eigenvalue weighted by molar-refractivity contribution is 7.89. The van der Waals surface area contributed by atoms with Crippen LogP contribution in [0.1, 0.15) is 27.2 Å². The Balaban J connectivity index is 3.65. The van der Waals surface area contributed by atoms with Gasteiger partial charge in [-0.3, -0.25) is 0 Å². The molecule has 0 heterocycles. The maximum Gasteiger partial charge on any atom is 0.212 e.